The van der Waals surface area contributed by atoms with Crippen molar-refractivity contribution in [2.45, 2.75) is 31.7 Å². The van der Waals surface area contributed by atoms with Gasteiger partial charge in [0.25, 0.3) is 0 Å². The van der Waals surface area contributed by atoms with E-state index in [2.05, 4.69) is 11.6 Å². The highest BCUT2D eigenvalue weighted by Gasteiger charge is 2.24. The lowest BCUT2D eigenvalue weighted by Gasteiger charge is -2.09. The Morgan fingerprint density at radius 2 is 2.27 bits per heavy atom. The smallest absolute Gasteiger partial charge is 0.358 e. The van der Waals surface area contributed by atoms with Gasteiger partial charge in [-0.2, -0.15) is 0 Å². The Hall–Kier alpha value is -1.65. The van der Waals surface area contributed by atoms with Crippen molar-refractivity contribution in [1.29, 1.82) is 0 Å². The molecule has 0 radical (unpaired) electrons. The molecule has 5 heteroatoms. The molecule has 0 amide bonds. The van der Waals surface area contributed by atoms with Crippen molar-refractivity contribution in [2.75, 3.05) is 0 Å². The van der Waals surface area contributed by atoms with Crippen molar-refractivity contribution in [3.8, 4) is 0 Å². The number of rotatable bonds is 3. The molecule has 0 aliphatic heterocycles. The topological polar surface area (TPSA) is 61.0 Å². The lowest BCUT2D eigenvalue weighted by atomic mass is 10.2. The summed E-state index contributed by atoms with van der Waals surface area (Å²) >= 11 is 0. The minimum absolute atomic E-state index is 0.0863. The Bertz CT molecular complexity index is 391. The van der Waals surface area contributed by atoms with Crippen LogP contribution in [0.5, 0.6) is 0 Å². The molecule has 0 spiro atoms. The summed E-state index contributed by atoms with van der Waals surface area (Å²) in [6, 6.07) is 0.360. The highest BCUT2D eigenvalue weighted by molar-refractivity contribution is 5.40. The maximum Gasteiger partial charge on any atom is 0.382 e. The predicted molar refractivity (Wildman–Crippen MR) is 56.5 cm³/mol. The third-order valence-corrected chi connectivity index (χ3v) is 2.84. The van der Waals surface area contributed by atoms with Gasteiger partial charge >= 0.3 is 5.82 Å². The Morgan fingerprint density at radius 3 is 2.80 bits per heavy atom. The van der Waals surface area contributed by atoms with Gasteiger partial charge in [0.05, 0.1) is 0 Å². The molecule has 0 unspecified atom stereocenters. The monoisotopic (exact) mass is 207 g/mol. The average Bonchev–Trinajstić information content (AvgIpc) is 2.86. The molecule has 0 atom stereocenters. The van der Waals surface area contributed by atoms with Gasteiger partial charge in [-0.05, 0) is 22.7 Å². The molecular weight excluding hydrogens is 194 g/mol. The zero-order valence-corrected chi connectivity index (χ0v) is 8.43. The summed E-state index contributed by atoms with van der Waals surface area (Å²) in [7, 11) is 0. The summed E-state index contributed by atoms with van der Waals surface area (Å²) in [5.74, 6) is 0.519. The number of nitro groups is 1. The Kier molecular flexibility index (Phi) is 2.53. The van der Waals surface area contributed by atoms with Gasteiger partial charge in [-0.1, -0.05) is 19.4 Å². The third-order valence-electron chi connectivity index (χ3n) is 2.84. The van der Waals surface area contributed by atoms with E-state index in [4.69, 9.17) is 0 Å². The van der Waals surface area contributed by atoms with Gasteiger partial charge < -0.3 is 14.7 Å². The minimum Gasteiger partial charge on any atom is -0.358 e. The Labute approximate surface area is 87.6 Å². The van der Waals surface area contributed by atoms with Gasteiger partial charge in [0.1, 0.15) is 6.20 Å². The van der Waals surface area contributed by atoms with Crippen LogP contribution in [0.1, 0.15) is 37.5 Å². The molecule has 1 heterocycles. The molecule has 15 heavy (non-hydrogen) atoms. The molecule has 0 saturated heterocycles. The highest BCUT2D eigenvalue weighted by atomic mass is 16.6. The zero-order chi connectivity index (χ0) is 10.8. The second-order valence-electron chi connectivity index (χ2n) is 3.76. The van der Waals surface area contributed by atoms with Crippen molar-refractivity contribution < 1.29 is 4.92 Å². The standard InChI is InChI=1S/C10H13N3O2/c1-2-9-11-10(13(14)15)7-12(9)8-5-3-4-6-8/h2,7-8H,1,3-6H2. The van der Waals surface area contributed by atoms with Crippen LogP contribution in [0.2, 0.25) is 0 Å². The summed E-state index contributed by atoms with van der Waals surface area (Å²) in [6.07, 6.45) is 7.63. The van der Waals surface area contributed by atoms with Crippen molar-refractivity contribution in [1.82, 2.24) is 9.55 Å². The number of hydrogen-bond donors (Lipinski definition) is 0. The van der Waals surface area contributed by atoms with Gasteiger partial charge in [0, 0.05) is 12.1 Å². The van der Waals surface area contributed by atoms with E-state index in [-0.39, 0.29) is 5.82 Å². The first kappa shape index (κ1) is 9.89. The van der Waals surface area contributed by atoms with E-state index in [1.54, 1.807) is 6.08 Å². The molecule has 1 aromatic heterocycles. The van der Waals surface area contributed by atoms with E-state index in [0.29, 0.717) is 11.9 Å². The second-order valence-corrected chi connectivity index (χ2v) is 3.76. The SMILES string of the molecule is C=Cc1nc([N+](=O)[O-])cn1C1CCCC1. The third kappa shape index (κ3) is 1.77. The van der Waals surface area contributed by atoms with Gasteiger partial charge in [-0.25, -0.2) is 0 Å². The number of aromatic nitrogens is 2. The molecule has 5 nitrogen and oxygen atoms in total. The highest BCUT2D eigenvalue weighted by Crippen LogP contribution is 2.31. The molecular formula is C10H13N3O2. The molecule has 0 bridgehead atoms. The van der Waals surface area contributed by atoms with Crippen LogP contribution in [0.25, 0.3) is 6.08 Å². The average molecular weight is 207 g/mol. The van der Waals surface area contributed by atoms with Crippen LogP contribution in [-0.2, 0) is 0 Å². The largest absolute Gasteiger partial charge is 0.382 e. The van der Waals surface area contributed by atoms with Crippen LogP contribution in [0.15, 0.2) is 12.8 Å². The molecule has 1 aliphatic rings. The quantitative estimate of drug-likeness (QED) is 0.565. The lowest BCUT2D eigenvalue weighted by molar-refractivity contribution is -0.389. The maximum atomic E-state index is 10.6. The van der Waals surface area contributed by atoms with Crippen LogP contribution < -0.4 is 0 Å². The minimum atomic E-state index is -0.460. The molecule has 80 valence electrons. The predicted octanol–water partition coefficient (Wildman–Crippen LogP) is 2.55. The van der Waals surface area contributed by atoms with Crippen molar-refractivity contribution in [3.63, 3.8) is 0 Å². The summed E-state index contributed by atoms with van der Waals surface area (Å²) in [5.41, 5.74) is 0. The normalized spacial score (nSPS) is 16.8. The van der Waals surface area contributed by atoms with Crippen LogP contribution in [0, 0.1) is 10.1 Å². The molecule has 2 rings (SSSR count). The number of imidazole rings is 1. The van der Waals surface area contributed by atoms with E-state index in [9.17, 15) is 10.1 Å². The molecule has 1 saturated carbocycles. The molecule has 1 fully saturated rings. The first-order valence-corrected chi connectivity index (χ1v) is 5.08. The molecule has 1 aliphatic carbocycles. The summed E-state index contributed by atoms with van der Waals surface area (Å²) in [5, 5.41) is 10.6. The molecule has 1 aromatic rings. The zero-order valence-electron chi connectivity index (χ0n) is 8.43. The Balaban J connectivity index is 2.35. The number of nitrogens with zero attached hydrogens (tertiary/aromatic N) is 3. The fourth-order valence-electron chi connectivity index (χ4n) is 2.11. The van der Waals surface area contributed by atoms with Crippen LogP contribution in [0.4, 0.5) is 5.82 Å². The number of hydrogen-bond acceptors (Lipinski definition) is 3. The molecule has 0 aromatic carbocycles. The lowest BCUT2D eigenvalue weighted by Crippen LogP contribution is -2.05. The van der Waals surface area contributed by atoms with E-state index < -0.39 is 4.92 Å². The van der Waals surface area contributed by atoms with Crippen LogP contribution in [0.3, 0.4) is 0 Å². The van der Waals surface area contributed by atoms with Gasteiger partial charge in [0.2, 0.25) is 5.82 Å². The Morgan fingerprint density at radius 1 is 1.60 bits per heavy atom. The summed E-state index contributed by atoms with van der Waals surface area (Å²) in [4.78, 5) is 14.1. The van der Waals surface area contributed by atoms with Crippen molar-refractivity contribution >= 4 is 11.9 Å². The summed E-state index contributed by atoms with van der Waals surface area (Å²) < 4.78 is 1.89. The van der Waals surface area contributed by atoms with Gasteiger partial charge in [-0.3, -0.25) is 0 Å². The van der Waals surface area contributed by atoms with Gasteiger partial charge in [-0.15, -0.1) is 0 Å². The molecule has 0 N–H and O–H groups in total. The van der Waals surface area contributed by atoms with Crippen molar-refractivity contribution in [2.24, 2.45) is 0 Å². The van der Waals surface area contributed by atoms with Crippen LogP contribution in [-0.4, -0.2) is 14.5 Å². The fraction of sp³-hybridized carbons (Fsp3) is 0.500. The first-order valence-electron chi connectivity index (χ1n) is 5.08. The van der Waals surface area contributed by atoms with Crippen molar-refractivity contribution in [3.05, 3.63) is 28.7 Å². The van der Waals surface area contributed by atoms with Crippen LogP contribution >= 0.6 is 0 Å². The first-order chi connectivity index (χ1) is 7.22. The fourth-order valence-corrected chi connectivity index (χ4v) is 2.11. The van der Waals surface area contributed by atoms with E-state index in [1.807, 2.05) is 4.57 Å². The van der Waals surface area contributed by atoms with E-state index >= 15 is 0 Å². The maximum absolute atomic E-state index is 10.6. The van der Waals surface area contributed by atoms with E-state index in [1.165, 1.54) is 19.0 Å². The second kappa shape index (κ2) is 3.84. The summed E-state index contributed by atoms with van der Waals surface area (Å²) in [6.45, 7) is 3.63. The van der Waals surface area contributed by atoms with E-state index in [0.717, 1.165) is 12.8 Å². The van der Waals surface area contributed by atoms with Gasteiger partial charge in [0.15, 0.2) is 0 Å².